The van der Waals surface area contributed by atoms with E-state index in [9.17, 15) is 4.79 Å². The molecule has 4 nitrogen and oxygen atoms in total. The van der Waals surface area contributed by atoms with Gasteiger partial charge in [-0.2, -0.15) is 0 Å². The number of hydrogen-bond acceptors (Lipinski definition) is 4. The summed E-state index contributed by atoms with van der Waals surface area (Å²) in [5.74, 6) is -0.516. The molecule has 0 bridgehead atoms. The lowest BCUT2D eigenvalue weighted by atomic mass is 10.2. The smallest absolute Gasteiger partial charge is 0.335 e. The maximum Gasteiger partial charge on any atom is 0.335 e. The molecule has 3 rings (SSSR count). The molecule has 0 fully saturated rings. The average Bonchev–Trinajstić information content (AvgIpc) is 2.90. The van der Waals surface area contributed by atoms with Gasteiger partial charge in [-0.05, 0) is 56.1 Å². The van der Waals surface area contributed by atoms with Gasteiger partial charge in [0.05, 0.1) is 18.7 Å². The lowest BCUT2D eigenvalue weighted by Gasteiger charge is -1.91. The zero-order valence-electron chi connectivity index (χ0n) is 9.18. The molecule has 0 saturated carbocycles. The average molecular weight is 403 g/mol. The fourth-order valence-electron chi connectivity index (χ4n) is 1.66. The molecule has 0 saturated heterocycles. The molecule has 0 unspecified atom stereocenters. The molecule has 2 aromatic heterocycles. The van der Waals surface area contributed by atoms with E-state index < -0.39 is 5.97 Å². The minimum absolute atomic E-state index is 0.193. The first-order valence-electron chi connectivity index (χ1n) is 5.13. The molecule has 19 heavy (non-hydrogen) atoms. The minimum Gasteiger partial charge on any atom is -0.478 e. The summed E-state index contributed by atoms with van der Waals surface area (Å²) >= 11 is 8.36. The molecule has 0 aliphatic rings. The van der Waals surface area contributed by atoms with E-state index in [2.05, 4.69) is 36.8 Å². The van der Waals surface area contributed by atoms with E-state index in [-0.39, 0.29) is 5.56 Å². The Morgan fingerprint density at radius 3 is 2.74 bits per heavy atom. The van der Waals surface area contributed by atoms with Crippen molar-refractivity contribution in [2.75, 3.05) is 0 Å². The van der Waals surface area contributed by atoms with E-state index in [0.717, 1.165) is 13.1 Å². The van der Waals surface area contributed by atoms with Crippen LogP contribution in [-0.2, 0) is 0 Å². The van der Waals surface area contributed by atoms with Crippen LogP contribution in [0.15, 0.2) is 36.3 Å². The number of nitrogens with zero attached hydrogens (tertiary/aromatic N) is 1. The number of aromatic carboxylic acids is 1. The summed E-state index contributed by atoms with van der Waals surface area (Å²) in [5.41, 5.74) is 2.13. The Morgan fingerprint density at radius 1 is 1.32 bits per heavy atom. The number of benzene rings is 1. The summed E-state index contributed by atoms with van der Waals surface area (Å²) in [4.78, 5) is 15.2. The van der Waals surface area contributed by atoms with Crippen molar-refractivity contribution >= 4 is 60.3 Å². The van der Waals surface area contributed by atoms with Crippen LogP contribution < -0.4 is 0 Å². The van der Waals surface area contributed by atoms with Crippen molar-refractivity contribution in [3.8, 4) is 11.5 Å². The van der Waals surface area contributed by atoms with Gasteiger partial charge in [0, 0.05) is 0 Å². The number of fused-ring (bicyclic) bond motifs is 1. The summed E-state index contributed by atoms with van der Waals surface area (Å²) < 4.78 is 7.50. The summed E-state index contributed by atoms with van der Waals surface area (Å²) in [6.07, 6.45) is 0. The lowest BCUT2D eigenvalue weighted by molar-refractivity contribution is 0.0697. The third kappa shape index (κ3) is 2.33. The predicted molar refractivity (Wildman–Crippen MR) is 79.7 cm³/mol. The summed E-state index contributed by atoms with van der Waals surface area (Å²) in [6, 6.07) is 6.51. The summed E-state index contributed by atoms with van der Waals surface area (Å²) in [5, 5.41) is 8.95. The van der Waals surface area contributed by atoms with Gasteiger partial charge in [-0.25, -0.2) is 9.78 Å². The van der Waals surface area contributed by atoms with Gasteiger partial charge in [0.2, 0.25) is 5.89 Å². The van der Waals surface area contributed by atoms with Gasteiger partial charge in [-0.1, -0.05) is 0 Å². The Bertz CT molecular complexity index is 793. The molecule has 2 heterocycles. The van der Waals surface area contributed by atoms with E-state index in [0.29, 0.717) is 17.0 Å². The Labute approximate surface area is 128 Å². The first kappa shape index (κ1) is 12.8. The molecule has 96 valence electrons. The van der Waals surface area contributed by atoms with Crippen LogP contribution in [0.1, 0.15) is 10.4 Å². The minimum atomic E-state index is -0.981. The van der Waals surface area contributed by atoms with E-state index in [1.807, 2.05) is 6.07 Å². The van der Waals surface area contributed by atoms with Crippen molar-refractivity contribution < 1.29 is 14.3 Å². The van der Waals surface area contributed by atoms with Gasteiger partial charge in [-0.15, -0.1) is 11.3 Å². The molecular formula is C12H5Br2NO3S. The van der Waals surface area contributed by atoms with Crippen LogP contribution >= 0.6 is 43.2 Å². The highest BCUT2D eigenvalue weighted by Crippen LogP contribution is 2.39. The molecule has 0 atom stereocenters. The first-order valence-corrected chi connectivity index (χ1v) is 7.54. The lowest BCUT2D eigenvalue weighted by Crippen LogP contribution is -1.94. The normalized spacial score (nSPS) is 11.1. The number of rotatable bonds is 2. The van der Waals surface area contributed by atoms with Gasteiger partial charge in [-0.3, -0.25) is 0 Å². The van der Waals surface area contributed by atoms with Crippen molar-refractivity contribution in [3.63, 3.8) is 0 Å². The Balaban J connectivity index is 2.16. The van der Waals surface area contributed by atoms with Crippen LogP contribution in [0.25, 0.3) is 22.6 Å². The standard InChI is InChI=1S/C12H5Br2NO3S/c13-9-4-6(10(14)19-9)11-15-7-3-5(12(16)17)1-2-8(7)18-11/h1-4H,(H,16,17). The largest absolute Gasteiger partial charge is 0.478 e. The highest BCUT2D eigenvalue weighted by atomic mass is 79.9. The molecular weight excluding hydrogens is 398 g/mol. The van der Waals surface area contributed by atoms with Crippen molar-refractivity contribution in [3.05, 3.63) is 37.4 Å². The van der Waals surface area contributed by atoms with E-state index in [1.54, 1.807) is 6.07 Å². The molecule has 0 aliphatic heterocycles. The number of thiophene rings is 1. The summed E-state index contributed by atoms with van der Waals surface area (Å²) in [7, 11) is 0. The monoisotopic (exact) mass is 401 g/mol. The number of aromatic nitrogens is 1. The van der Waals surface area contributed by atoms with Crippen molar-refractivity contribution in [1.82, 2.24) is 4.98 Å². The highest BCUT2D eigenvalue weighted by Gasteiger charge is 2.15. The Kier molecular flexibility index (Phi) is 3.20. The first-order chi connectivity index (χ1) is 9.04. The third-order valence-electron chi connectivity index (χ3n) is 2.52. The van der Waals surface area contributed by atoms with Crippen LogP contribution in [0.5, 0.6) is 0 Å². The SMILES string of the molecule is O=C(O)c1ccc2oc(-c3cc(Br)sc3Br)nc2c1. The van der Waals surface area contributed by atoms with Crippen LogP contribution in [0.2, 0.25) is 0 Å². The van der Waals surface area contributed by atoms with Gasteiger partial charge in [0.25, 0.3) is 0 Å². The number of carbonyl (C=O) groups is 1. The number of carboxylic acids is 1. The fourth-order valence-corrected chi connectivity index (χ4v) is 4.44. The molecule has 0 spiro atoms. The van der Waals surface area contributed by atoms with Crippen LogP contribution in [0, 0.1) is 0 Å². The van der Waals surface area contributed by atoms with Crippen molar-refractivity contribution in [2.45, 2.75) is 0 Å². The summed E-state index contributed by atoms with van der Waals surface area (Å²) in [6.45, 7) is 0. The number of carboxylic acid groups (broad SMARTS) is 1. The maximum absolute atomic E-state index is 10.9. The van der Waals surface area contributed by atoms with Gasteiger partial charge in [0.15, 0.2) is 5.58 Å². The zero-order valence-corrected chi connectivity index (χ0v) is 13.2. The second-order valence-corrected chi connectivity index (χ2v) is 7.49. The third-order valence-corrected chi connectivity index (χ3v) is 4.86. The second-order valence-electron chi connectivity index (χ2n) is 3.74. The van der Waals surface area contributed by atoms with Crippen molar-refractivity contribution in [2.24, 2.45) is 0 Å². The molecule has 0 aliphatic carbocycles. The van der Waals surface area contributed by atoms with E-state index in [1.165, 1.54) is 23.5 Å². The van der Waals surface area contributed by atoms with Gasteiger partial charge < -0.3 is 9.52 Å². The molecule has 7 heteroatoms. The van der Waals surface area contributed by atoms with Crippen molar-refractivity contribution in [1.29, 1.82) is 0 Å². The van der Waals surface area contributed by atoms with Crippen LogP contribution in [-0.4, -0.2) is 16.1 Å². The maximum atomic E-state index is 10.9. The van der Waals surface area contributed by atoms with Crippen LogP contribution in [0.4, 0.5) is 0 Å². The fraction of sp³-hybridized carbons (Fsp3) is 0. The number of oxazole rings is 1. The molecule has 0 amide bonds. The number of hydrogen-bond donors (Lipinski definition) is 1. The Hall–Kier alpha value is -1.18. The quantitative estimate of drug-likeness (QED) is 0.669. The zero-order chi connectivity index (χ0) is 13.6. The topological polar surface area (TPSA) is 63.3 Å². The van der Waals surface area contributed by atoms with Gasteiger partial charge in [0.1, 0.15) is 5.52 Å². The molecule has 1 aromatic carbocycles. The van der Waals surface area contributed by atoms with E-state index in [4.69, 9.17) is 9.52 Å². The van der Waals surface area contributed by atoms with Gasteiger partial charge >= 0.3 is 5.97 Å². The second kappa shape index (κ2) is 4.73. The Morgan fingerprint density at radius 2 is 2.11 bits per heavy atom. The molecule has 0 radical (unpaired) electrons. The van der Waals surface area contributed by atoms with E-state index >= 15 is 0 Å². The molecule has 1 N–H and O–H groups in total. The van der Waals surface area contributed by atoms with Crippen LogP contribution in [0.3, 0.4) is 0 Å². The molecule has 3 aromatic rings. The predicted octanol–water partition coefficient (Wildman–Crippen LogP) is 4.78. The highest BCUT2D eigenvalue weighted by molar-refractivity contribution is 9.12. The number of halogens is 2.